The van der Waals surface area contributed by atoms with Gasteiger partial charge in [-0.3, -0.25) is 9.59 Å². The van der Waals surface area contributed by atoms with Crippen LogP contribution in [0.2, 0.25) is 5.02 Å². The van der Waals surface area contributed by atoms with Crippen LogP contribution in [0.25, 0.3) is 0 Å². The zero-order valence-corrected chi connectivity index (χ0v) is 14.5. The predicted molar refractivity (Wildman–Crippen MR) is 105 cm³/mol. The van der Waals surface area contributed by atoms with Gasteiger partial charge < -0.3 is 16.4 Å². The van der Waals surface area contributed by atoms with Crippen molar-refractivity contribution in [2.75, 3.05) is 16.4 Å². The maximum Gasteiger partial charge on any atom is 0.255 e. The van der Waals surface area contributed by atoms with E-state index in [1.54, 1.807) is 66.7 Å². The second kappa shape index (κ2) is 7.72. The van der Waals surface area contributed by atoms with E-state index in [-0.39, 0.29) is 11.8 Å². The highest BCUT2D eigenvalue weighted by Crippen LogP contribution is 2.21. The Balaban J connectivity index is 1.76. The van der Waals surface area contributed by atoms with E-state index < -0.39 is 0 Å². The van der Waals surface area contributed by atoms with Gasteiger partial charge in [0.2, 0.25) is 0 Å². The Bertz CT molecular complexity index is 973. The molecule has 26 heavy (non-hydrogen) atoms. The summed E-state index contributed by atoms with van der Waals surface area (Å²) in [5, 5.41) is 5.92. The van der Waals surface area contributed by atoms with Crippen LogP contribution in [0.3, 0.4) is 0 Å². The van der Waals surface area contributed by atoms with Gasteiger partial charge >= 0.3 is 0 Å². The van der Waals surface area contributed by atoms with Crippen LogP contribution < -0.4 is 16.4 Å². The molecular formula is C20H16ClN3O2. The van der Waals surface area contributed by atoms with Gasteiger partial charge in [-0.2, -0.15) is 0 Å². The average Bonchev–Trinajstić information content (AvgIpc) is 2.63. The average molecular weight is 366 g/mol. The standard InChI is InChI=1S/C20H16ClN3O2/c21-17-9-1-2-10-18(17)24-20(26)14-6-3-5-13(11-14)19(25)23-16-8-4-7-15(22)12-16/h1-12H,22H2,(H,23,25)(H,24,26). The number of hydrogen-bond acceptors (Lipinski definition) is 3. The molecule has 2 amide bonds. The Hall–Kier alpha value is -3.31. The van der Waals surface area contributed by atoms with E-state index in [2.05, 4.69) is 10.6 Å². The van der Waals surface area contributed by atoms with E-state index in [1.165, 1.54) is 6.07 Å². The number of carbonyl (C=O) groups excluding carboxylic acids is 2. The molecule has 5 nitrogen and oxygen atoms in total. The summed E-state index contributed by atoms with van der Waals surface area (Å²) in [5.41, 5.74) is 8.06. The lowest BCUT2D eigenvalue weighted by Crippen LogP contribution is -2.15. The molecular weight excluding hydrogens is 350 g/mol. The van der Waals surface area contributed by atoms with Crippen molar-refractivity contribution in [2.45, 2.75) is 0 Å². The first-order valence-corrected chi connectivity index (χ1v) is 8.23. The molecule has 0 atom stereocenters. The number of carbonyl (C=O) groups is 2. The number of nitrogens with two attached hydrogens (primary N) is 1. The first kappa shape index (κ1) is 17.5. The van der Waals surface area contributed by atoms with Crippen molar-refractivity contribution < 1.29 is 9.59 Å². The Labute approximate surface area is 155 Å². The Kier molecular flexibility index (Phi) is 5.20. The maximum absolute atomic E-state index is 12.4. The number of rotatable bonds is 4. The minimum atomic E-state index is -0.350. The number of nitrogens with one attached hydrogen (secondary N) is 2. The molecule has 0 radical (unpaired) electrons. The van der Waals surface area contributed by atoms with E-state index in [1.807, 2.05) is 0 Å². The summed E-state index contributed by atoms with van der Waals surface area (Å²) in [7, 11) is 0. The van der Waals surface area contributed by atoms with Gasteiger partial charge in [0.05, 0.1) is 10.7 Å². The van der Waals surface area contributed by atoms with E-state index in [0.29, 0.717) is 33.2 Å². The minimum absolute atomic E-state index is 0.331. The molecule has 0 aliphatic heterocycles. The monoisotopic (exact) mass is 365 g/mol. The lowest BCUT2D eigenvalue weighted by molar-refractivity contribution is 0.102. The summed E-state index contributed by atoms with van der Waals surface area (Å²) in [5.74, 6) is -0.681. The van der Waals surface area contributed by atoms with Gasteiger partial charge in [-0.15, -0.1) is 0 Å². The second-order valence-electron chi connectivity index (χ2n) is 5.59. The summed E-state index contributed by atoms with van der Waals surface area (Å²) >= 11 is 6.05. The van der Waals surface area contributed by atoms with Crippen molar-refractivity contribution in [3.63, 3.8) is 0 Å². The predicted octanol–water partition coefficient (Wildman–Crippen LogP) is 4.43. The molecule has 0 aliphatic carbocycles. The molecule has 0 saturated heterocycles. The summed E-state index contributed by atoms with van der Waals surface area (Å²) < 4.78 is 0. The summed E-state index contributed by atoms with van der Waals surface area (Å²) in [4.78, 5) is 24.8. The Morgan fingerprint density at radius 1 is 0.769 bits per heavy atom. The fraction of sp³-hybridized carbons (Fsp3) is 0. The second-order valence-corrected chi connectivity index (χ2v) is 6.00. The zero-order chi connectivity index (χ0) is 18.5. The molecule has 3 rings (SSSR count). The molecule has 0 fully saturated rings. The first-order valence-electron chi connectivity index (χ1n) is 7.86. The molecule has 0 heterocycles. The number of amides is 2. The van der Waals surface area contributed by atoms with Crippen LogP contribution in [0, 0.1) is 0 Å². The van der Waals surface area contributed by atoms with Gasteiger partial charge in [0.15, 0.2) is 0 Å². The van der Waals surface area contributed by atoms with Crippen molar-refractivity contribution in [3.05, 3.63) is 88.9 Å². The highest BCUT2D eigenvalue weighted by Gasteiger charge is 2.12. The topological polar surface area (TPSA) is 84.2 Å². The van der Waals surface area contributed by atoms with Crippen LogP contribution in [0.15, 0.2) is 72.8 Å². The van der Waals surface area contributed by atoms with Crippen LogP contribution in [0.5, 0.6) is 0 Å². The van der Waals surface area contributed by atoms with Crippen LogP contribution in [-0.2, 0) is 0 Å². The smallest absolute Gasteiger partial charge is 0.255 e. The van der Waals surface area contributed by atoms with Crippen LogP contribution in [0.4, 0.5) is 17.1 Å². The van der Waals surface area contributed by atoms with Crippen LogP contribution in [-0.4, -0.2) is 11.8 Å². The molecule has 3 aromatic rings. The van der Waals surface area contributed by atoms with E-state index in [0.717, 1.165) is 0 Å². The molecule has 3 aromatic carbocycles. The van der Waals surface area contributed by atoms with Crippen molar-refractivity contribution in [3.8, 4) is 0 Å². The Morgan fingerprint density at radius 3 is 2.12 bits per heavy atom. The largest absolute Gasteiger partial charge is 0.399 e. The van der Waals surface area contributed by atoms with Crippen molar-refractivity contribution in [1.29, 1.82) is 0 Å². The zero-order valence-electron chi connectivity index (χ0n) is 13.7. The lowest BCUT2D eigenvalue weighted by Gasteiger charge is -2.09. The third-order valence-corrected chi connectivity index (χ3v) is 3.98. The van der Waals surface area contributed by atoms with Crippen LogP contribution >= 0.6 is 11.6 Å². The molecule has 0 unspecified atom stereocenters. The van der Waals surface area contributed by atoms with E-state index in [9.17, 15) is 9.59 Å². The SMILES string of the molecule is Nc1cccc(NC(=O)c2cccc(C(=O)Nc3ccccc3Cl)c2)c1. The Morgan fingerprint density at radius 2 is 1.42 bits per heavy atom. The number of para-hydroxylation sites is 1. The van der Waals surface area contributed by atoms with Gasteiger partial charge in [-0.05, 0) is 48.5 Å². The highest BCUT2D eigenvalue weighted by molar-refractivity contribution is 6.33. The van der Waals surface area contributed by atoms with E-state index in [4.69, 9.17) is 17.3 Å². The number of hydrogen-bond donors (Lipinski definition) is 3. The molecule has 0 bridgehead atoms. The normalized spacial score (nSPS) is 10.2. The van der Waals surface area contributed by atoms with Crippen molar-refractivity contribution in [2.24, 2.45) is 0 Å². The molecule has 6 heteroatoms. The maximum atomic E-state index is 12.4. The van der Waals surface area contributed by atoms with Crippen molar-refractivity contribution in [1.82, 2.24) is 0 Å². The summed E-state index contributed by atoms with van der Waals surface area (Å²) in [6, 6.07) is 20.3. The molecule has 0 spiro atoms. The minimum Gasteiger partial charge on any atom is -0.399 e. The molecule has 4 N–H and O–H groups in total. The number of benzene rings is 3. The third-order valence-electron chi connectivity index (χ3n) is 3.65. The fourth-order valence-electron chi connectivity index (χ4n) is 2.38. The number of halogens is 1. The van der Waals surface area contributed by atoms with Gasteiger partial charge in [0, 0.05) is 22.5 Å². The fourth-order valence-corrected chi connectivity index (χ4v) is 2.56. The number of nitrogen functional groups attached to an aromatic ring is 1. The van der Waals surface area contributed by atoms with Crippen molar-refractivity contribution >= 4 is 40.5 Å². The van der Waals surface area contributed by atoms with E-state index >= 15 is 0 Å². The van der Waals surface area contributed by atoms with Gasteiger partial charge in [0.25, 0.3) is 11.8 Å². The lowest BCUT2D eigenvalue weighted by atomic mass is 10.1. The number of anilines is 3. The molecule has 0 aromatic heterocycles. The quantitative estimate of drug-likeness (QED) is 0.598. The van der Waals surface area contributed by atoms with Gasteiger partial charge in [0.1, 0.15) is 0 Å². The van der Waals surface area contributed by atoms with Gasteiger partial charge in [-0.25, -0.2) is 0 Å². The summed E-state index contributed by atoms with van der Waals surface area (Å²) in [6.45, 7) is 0. The first-order chi connectivity index (χ1) is 12.5. The third kappa shape index (κ3) is 4.20. The van der Waals surface area contributed by atoms with Gasteiger partial charge in [-0.1, -0.05) is 35.9 Å². The molecule has 0 saturated carbocycles. The molecule has 130 valence electrons. The molecule has 0 aliphatic rings. The highest BCUT2D eigenvalue weighted by atomic mass is 35.5. The van der Waals surface area contributed by atoms with Crippen LogP contribution in [0.1, 0.15) is 20.7 Å². The summed E-state index contributed by atoms with van der Waals surface area (Å²) in [6.07, 6.45) is 0.